The number of carbonyl (C=O) groups is 1. The quantitative estimate of drug-likeness (QED) is 0.153. The number of anilines is 2. The van der Waals surface area contributed by atoms with E-state index in [1.54, 1.807) is 12.1 Å². The smallest absolute Gasteiger partial charge is 1.00 e. The van der Waals surface area contributed by atoms with Gasteiger partial charge in [0.25, 0.3) is 5.01 Å². The molecule has 1 aromatic heterocycles. The van der Waals surface area contributed by atoms with Gasteiger partial charge < -0.3 is 31.5 Å². The van der Waals surface area contributed by atoms with E-state index in [-0.39, 0.29) is 57.9 Å². The normalized spacial score (nSPS) is 17.4. The van der Waals surface area contributed by atoms with Gasteiger partial charge in [-0.05, 0) is 77.9 Å². The van der Waals surface area contributed by atoms with Crippen molar-refractivity contribution in [1.82, 2.24) is 0 Å². The molecule has 1 saturated carbocycles. The maximum Gasteiger partial charge on any atom is 1.00 e. The summed E-state index contributed by atoms with van der Waals surface area (Å²) in [7, 11) is -4.57. The van der Waals surface area contributed by atoms with Crippen LogP contribution in [-0.4, -0.2) is 30.1 Å². The van der Waals surface area contributed by atoms with Crippen LogP contribution in [-0.2, 0) is 21.5 Å². The van der Waals surface area contributed by atoms with Crippen molar-refractivity contribution in [3.05, 3.63) is 95.0 Å². The van der Waals surface area contributed by atoms with Crippen LogP contribution in [0.25, 0.3) is 33.1 Å². The van der Waals surface area contributed by atoms with E-state index < -0.39 is 16.1 Å². The first-order chi connectivity index (χ1) is 20.3. The molecule has 2 atom stereocenters. The maximum atomic E-state index is 11.6. The summed E-state index contributed by atoms with van der Waals surface area (Å²) in [5.41, 5.74) is 5.85. The Morgan fingerprint density at radius 1 is 1.02 bits per heavy atom. The van der Waals surface area contributed by atoms with Gasteiger partial charge in [0.15, 0.2) is 6.54 Å². The number of nitrogens with zero attached hydrogens (tertiary/aromatic N) is 2. The van der Waals surface area contributed by atoms with Gasteiger partial charge in [-0.3, -0.25) is 4.79 Å². The fraction of sp³-hybridized carbons (Fsp3) is 0.212. The minimum Gasteiger partial charge on any atom is -1.00 e. The fourth-order valence-corrected chi connectivity index (χ4v) is 8.38. The molecule has 1 aliphatic carbocycles. The van der Waals surface area contributed by atoms with Crippen molar-refractivity contribution < 1.29 is 74.0 Å². The van der Waals surface area contributed by atoms with Crippen LogP contribution in [0.2, 0.25) is 0 Å². The minimum atomic E-state index is -4.57. The Balaban J connectivity index is 0.00000192. The van der Waals surface area contributed by atoms with Gasteiger partial charge in [0.2, 0.25) is 5.52 Å². The van der Waals surface area contributed by atoms with Gasteiger partial charge in [0, 0.05) is 40.9 Å². The van der Waals surface area contributed by atoms with Gasteiger partial charge in [-0.15, -0.1) is 0 Å². The predicted octanol–water partition coefficient (Wildman–Crippen LogP) is 0.687. The molecule has 2 aliphatic rings. The second-order valence-corrected chi connectivity index (χ2v) is 13.4. The maximum absolute atomic E-state index is 11.6. The van der Waals surface area contributed by atoms with Crippen molar-refractivity contribution in [3.8, 4) is 0 Å². The molecular weight excluding hydrogens is 671 g/mol. The Kier molecular flexibility index (Phi) is 9.72. The van der Waals surface area contributed by atoms with Crippen LogP contribution in [0.4, 0.5) is 11.4 Å². The summed E-state index contributed by atoms with van der Waals surface area (Å²) in [4.78, 5) is 13.7. The average molecular weight is 700 g/mol. The molecule has 0 amide bonds. The number of hydrogen-bond donors (Lipinski definition) is 1. The largest absolute Gasteiger partial charge is 1.00 e. The summed E-state index contributed by atoms with van der Waals surface area (Å²) in [6, 6.07) is 25.8. The Labute approximate surface area is 292 Å². The van der Waals surface area contributed by atoms with Crippen molar-refractivity contribution in [1.29, 1.82) is 0 Å². The molecule has 0 radical (unpaired) electrons. The van der Waals surface area contributed by atoms with Crippen LogP contribution < -0.4 is 56.0 Å². The number of aromatic nitrogens is 1. The molecular formula is C33H28BrN2NaO5S2. The van der Waals surface area contributed by atoms with Crippen molar-refractivity contribution in [2.45, 2.75) is 49.1 Å². The number of aryl methyl sites for hydroxylation is 1. The number of aliphatic carboxylic acids is 1. The van der Waals surface area contributed by atoms with Crippen LogP contribution in [0.3, 0.4) is 0 Å². The predicted molar refractivity (Wildman–Crippen MR) is 164 cm³/mol. The van der Waals surface area contributed by atoms with Gasteiger partial charge in [-0.1, -0.05) is 48.1 Å². The number of hydrogen-bond acceptors (Lipinski definition) is 6. The summed E-state index contributed by atoms with van der Waals surface area (Å²) >= 11 is 1.52. The third-order valence-corrected chi connectivity index (χ3v) is 10.5. The average Bonchev–Trinajstić information content (AvgIpc) is 3.67. The first-order valence-electron chi connectivity index (χ1n) is 14.0. The first-order valence-corrected chi connectivity index (χ1v) is 16.2. The second kappa shape index (κ2) is 13.0. The van der Waals surface area contributed by atoms with Crippen molar-refractivity contribution in [3.63, 3.8) is 0 Å². The standard InChI is InChI=1S/C33H28N2O5S2.BrH.Na/c36-32(37)17-18-34-30-15-11-22-20-24(42(38,39)40)12-13-25(22)33(30)41-31(34)16-10-21-9-14-29-27(19-21)26-7-4-8-28(26)35(29)23-5-2-1-3-6-23;;/h1-3,5-6,9-16,19-20,26,28H,4,7-8,17-18H2,(H-,36,37,38,39,40);1H;/q;;+1/p-1. The molecule has 1 N–H and O–H groups in total. The molecule has 7 rings (SSSR count). The summed E-state index contributed by atoms with van der Waals surface area (Å²) in [5.74, 6) is -0.372. The Hall–Kier alpha value is -2.57. The Morgan fingerprint density at radius 2 is 1.82 bits per heavy atom. The van der Waals surface area contributed by atoms with Crippen molar-refractivity contribution in [2.75, 3.05) is 4.90 Å². The third kappa shape index (κ3) is 6.01. The summed E-state index contributed by atoms with van der Waals surface area (Å²) in [6.45, 7) is 0.299. The van der Waals surface area contributed by atoms with E-state index in [2.05, 4.69) is 53.4 Å². The number of carboxylic acids is 1. The zero-order chi connectivity index (χ0) is 29.0. The molecule has 2 heterocycles. The number of benzene rings is 4. The monoisotopic (exact) mass is 698 g/mol. The molecule has 1 aliphatic heterocycles. The zero-order valence-corrected chi connectivity index (χ0v) is 29.2. The number of thiazole rings is 1. The second-order valence-electron chi connectivity index (χ2n) is 10.9. The summed E-state index contributed by atoms with van der Waals surface area (Å²) < 4.78 is 37.6. The number of fused-ring (bicyclic) bond motifs is 6. The number of para-hydroxylation sites is 1. The molecule has 11 heteroatoms. The van der Waals surface area contributed by atoms with E-state index in [0.29, 0.717) is 23.9 Å². The third-order valence-electron chi connectivity index (χ3n) is 8.50. The van der Waals surface area contributed by atoms with E-state index in [9.17, 15) is 22.9 Å². The Morgan fingerprint density at radius 3 is 2.57 bits per heavy atom. The van der Waals surface area contributed by atoms with Crippen LogP contribution in [0.1, 0.15) is 47.7 Å². The van der Waals surface area contributed by atoms with Gasteiger partial charge in [0.05, 0.1) is 4.90 Å². The number of rotatable bonds is 7. The van der Waals surface area contributed by atoms with Gasteiger partial charge in [-0.25, -0.2) is 8.42 Å². The molecule has 0 saturated heterocycles. The van der Waals surface area contributed by atoms with Crippen molar-refractivity contribution >= 4 is 71.9 Å². The van der Waals surface area contributed by atoms with Crippen LogP contribution in [0.15, 0.2) is 83.8 Å². The van der Waals surface area contributed by atoms with Crippen LogP contribution in [0, 0.1) is 0 Å². The van der Waals surface area contributed by atoms with Gasteiger partial charge >= 0.3 is 35.5 Å². The number of halogens is 1. The van der Waals surface area contributed by atoms with Crippen molar-refractivity contribution in [2.24, 2.45) is 0 Å². The van der Waals surface area contributed by atoms with Crippen LogP contribution >= 0.6 is 11.3 Å². The van der Waals surface area contributed by atoms with Gasteiger partial charge in [-0.2, -0.15) is 4.57 Å². The minimum absolute atomic E-state index is 0. The summed E-state index contributed by atoms with van der Waals surface area (Å²) in [5, 5.41) is 11.8. The molecule has 7 nitrogen and oxygen atoms in total. The van der Waals surface area contributed by atoms with E-state index >= 15 is 0 Å². The molecule has 4 aromatic carbocycles. The topological polar surface area (TPSA) is 102 Å². The molecule has 44 heavy (non-hydrogen) atoms. The van der Waals surface area contributed by atoms with E-state index in [0.717, 1.165) is 26.2 Å². The molecule has 1 fully saturated rings. The SMILES string of the molecule is O=C(O)CC[n+]1c(/C=C/c2ccc3c(c2)C2CCCC2N3c2ccccc2)sc2c3ccc(S(=O)(=O)[O-])cc3ccc21.[Br-].[Na+]. The molecule has 0 spiro atoms. The summed E-state index contributed by atoms with van der Waals surface area (Å²) in [6.07, 6.45) is 7.68. The van der Waals surface area contributed by atoms with E-state index in [1.807, 2.05) is 22.8 Å². The molecule has 0 bridgehead atoms. The molecule has 2 unspecified atom stereocenters. The molecule has 5 aromatic rings. The first kappa shape index (κ1) is 32.8. The fourth-order valence-electron chi connectivity index (χ4n) is 6.65. The van der Waals surface area contributed by atoms with Gasteiger partial charge in [0.1, 0.15) is 21.2 Å². The van der Waals surface area contributed by atoms with E-state index in [4.69, 9.17) is 0 Å². The van der Waals surface area contributed by atoms with Crippen LogP contribution in [0.5, 0.6) is 0 Å². The van der Waals surface area contributed by atoms with E-state index in [1.165, 1.54) is 59.7 Å². The molecule has 220 valence electrons. The Bertz CT molecular complexity index is 2010. The zero-order valence-electron chi connectivity index (χ0n) is 24.0. The number of carboxylic acid groups (broad SMARTS) is 1.